The first kappa shape index (κ1) is 33.9. The standard InChI is InChI=1S/C35H45F2N3O3/c1-6-11-40(12-7-2)33(42)28-13-24(5)19-35(20-28,34(38)43)31(17-26-15-29(36)18-30(37)16-26)32(41)22-39-21-25-9-8-10-27(14-25)23(3)4/h8-10,13-16,18-19,31-32,39,41H,3,6-7,11-12,17,20-22H2,1-2,4-5H3,(H2,38,43)/t31-,32+,35?/m1/s1. The molecule has 0 radical (unpaired) electrons. The van der Waals surface area contributed by atoms with Gasteiger partial charge in [0.1, 0.15) is 11.6 Å². The number of halogens is 2. The fourth-order valence-corrected chi connectivity index (χ4v) is 6.01. The topological polar surface area (TPSA) is 95.7 Å². The molecule has 6 nitrogen and oxygen atoms in total. The number of allylic oxidation sites excluding steroid dienone is 3. The highest BCUT2D eigenvalue weighted by Gasteiger charge is 2.48. The molecule has 8 heteroatoms. The number of hydrogen-bond donors (Lipinski definition) is 3. The lowest BCUT2D eigenvalue weighted by atomic mass is 9.63. The van der Waals surface area contributed by atoms with Crippen molar-refractivity contribution in [3.05, 3.63) is 101 Å². The number of rotatable bonds is 15. The summed E-state index contributed by atoms with van der Waals surface area (Å²) in [6, 6.07) is 11.0. The largest absolute Gasteiger partial charge is 0.391 e. The van der Waals surface area contributed by atoms with Crippen LogP contribution in [0.2, 0.25) is 0 Å². The summed E-state index contributed by atoms with van der Waals surface area (Å²) < 4.78 is 28.5. The van der Waals surface area contributed by atoms with Gasteiger partial charge in [-0.2, -0.15) is 0 Å². The lowest BCUT2D eigenvalue weighted by Crippen LogP contribution is -2.51. The molecule has 0 saturated heterocycles. The van der Waals surface area contributed by atoms with Gasteiger partial charge in [-0.15, -0.1) is 0 Å². The van der Waals surface area contributed by atoms with Crippen LogP contribution in [0.3, 0.4) is 0 Å². The van der Waals surface area contributed by atoms with Crippen LogP contribution >= 0.6 is 0 Å². The second-order valence-corrected chi connectivity index (χ2v) is 11.7. The zero-order valence-electron chi connectivity index (χ0n) is 25.8. The van der Waals surface area contributed by atoms with Crippen molar-refractivity contribution in [2.45, 2.75) is 66.0 Å². The Labute approximate surface area is 254 Å². The van der Waals surface area contributed by atoms with E-state index in [9.17, 15) is 23.5 Å². The number of carbonyl (C=O) groups is 2. The Morgan fingerprint density at radius 3 is 2.33 bits per heavy atom. The Kier molecular flexibility index (Phi) is 12.0. The summed E-state index contributed by atoms with van der Waals surface area (Å²) >= 11 is 0. The summed E-state index contributed by atoms with van der Waals surface area (Å²) in [5.74, 6) is -3.29. The van der Waals surface area contributed by atoms with Gasteiger partial charge in [0.25, 0.3) is 0 Å². The van der Waals surface area contributed by atoms with Gasteiger partial charge in [-0.25, -0.2) is 8.78 Å². The highest BCUT2D eigenvalue weighted by atomic mass is 19.1. The average molecular weight is 594 g/mol. The van der Waals surface area contributed by atoms with Crippen LogP contribution in [0.1, 0.15) is 63.6 Å². The van der Waals surface area contributed by atoms with E-state index in [2.05, 4.69) is 11.9 Å². The van der Waals surface area contributed by atoms with Gasteiger partial charge in [-0.05, 0) is 68.4 Å². The fraction of sp³-hybridized carbons (Fsp3) is 0.429. The number of nitrogens with one attached hydrogen (secondary N) is 1. The van der Waals surface area contributed by atoms with Crippen molar-refractivity contribution in [2.24, 2.45) is 17.1 Å². The highest BCUT2D eigenvalue weighted by molar-refractivity contribution is 5.97. The molecule has 0 aliphatic heterocycles. The predicted octanol–water partition coefficient (Wildman–Crippen LogP) is 5.70. The van der Waals surface area contributed by atoms with Gasteiger partial charge in [0.15, 0.2) is 0 Å². The predicted molar refractivity (Wildman–Crippen MR) is 168 cm³/mol. The molecule has 0 bridgehead atoms. The third-order valence-electron chi connectivity index (χ3n) is 7.98. The summed E-state index contributed by atoms with van der Waals surface area (Å²) in [7, 11) is 0. The van der Waals surface area contributed by atoms with Crippen LogP contribution < -0.4 is 11.1 Å². The summed E-state index contributed by atoms with van der Waals surface area (Å²) in [6.07, 6.45) is 3.82. The molecule has 3 rings (SSSR count). The van der Waals surface area contributed by atoms with Gasteiger partial charge < -0.3 is 21.1 Å². The molecule has 1 aliphatic carbocycles. The van der Waals surface area contributed by atoms with E-state index < -0.39 is 35.0 Å². The van der Waals surface area contributed by atoms with Crippen LogP contribution in [0.15, 0.2) is 72.3 Å². The lowest BCUT2D eigenvalue weighted by Gasteiger charge is -2.42. The number of aliphatic hydroxyl groups excluding tert-OH is 1. The Hall–Kier alpha value is -3.62. The van der Waals surface area contributed by atoms with Gasteiger partial charge in [-0.3, -0.25) is 9.59 Å². The van der Waals surface area contributed by atoms with Crippen molar-refractivity contribution in [1.29, 1.82) is 0 Å². The summed E-state index contributed by atoms with van der Waals surface area (Å²) in [4.78, 5) is 28.9. The average Bonchev–Trinajstić information content (AvgIpc) is 2.94. The smallest absolute Gasteiger partial charge is 0.249 e. The first-order valence-electron chi connectivity index (χ1n) is 15.0. The van der Waals surface area contributed by atoms with Crippen molar-refractivity contribution in [2.75, 3.05) is 19.6 Å². The number of hydrogen-bond acceptors (Lipinski definition) is 4. The molecule has 2 aromatic carbocycles. The number of primary amides is 1. The summed E-state index contributed by atoms with van der Waals surface area (Å²) in [6.45, 7) is 13.3. The van der Waals surface area contributed by atoms with Gasteiger partial charge in [-0.1, -0.05) is 68.0 Å². The second-order valence-electron chi connectivity index (χ2n) is 11.7. The third kappa shape index (κ3) is 8.71. The molecule has 0 spiro atoms. The molecule has 43 heavy (non-hydrogen) atoms. The van der Waals surface area contributed by atoms with Crippen LogP contribution in [0.25, 0.3) is 5.57 Å². The number of benzene rings is 2. The molecule has 3 atom stereocenters. The second kappa shape index (κ2) is 15.2. The summed E-state index contributed by atoms with van der Waals surface area (Å²) in [5.41, 5.74) is 8.93. The van der Waals surface area contributed by atoms with E-state index in [1.165, 1.54) is 12.1 Å². The van der Waals surface area contributed by atoms with E-state index in [-0.39, 0.29) is 30.9 Å². The number of amides is 2. The first-order chi connectivity index (χ1) is 20.4. The van der Waals surface area contributed by atoms with E-state index in [0.717, 1.165) is 35.6 Å². The molecule has 2 amide bonds. The zero-order valence-corrected chi connectivity index (χ0v) is 25.8. The van der Waals surface area contributed by atoms with Crippen LogP contribution in [0.4, 0.5) is 8.78 Å². The maximum atomic E-state index is 14.2. The molecule has 0 aromatic heterocycles. The third-order valence-corrected chi connectivity index (χ3v) is 7.98. The molecule has 4 N–H and O–H groups in total. The Bertz CT molecular complexity index is 1360. The van der Waals surface area contributed by atoms with Crippen LogP contribution in [-0.4, -0.2) is 47.6 Å². The number of carbonyl (C=O) groups excluding carboxylic acids is 2. The van der Waals surface area contributed by atoms with Gasteiger partial charge in [0, 0.05) is 43.7 Å². The number of aliphatic hydroxyl groups is 1. The zero-order chi connectivity index (χ0) is 31.7. The van der Waals surface area contributed by atoms with Crippen molar-refractivity contribution in [3.8, 4) is 0 Å². The van der Waals surface area contributed by atoms with E-state index in [4.69, 9.17) is 5.73 Å². The van der Waals surface area contributed by atoms with Gasteiger partial charge in [0.05, 0.1) is 11.5 Å². The fourth-order valence-electron chi connectivity index (χ4n) is 6.01. The van der Waals surface area contributed by atoms with Crippen molar-refractivity contribution in [3.63, 3.8) is 0 Å². The molecule has 1 unspecified atom stereocenters. The van der Waals surface area contributed by atoms with Crippen LogP contribution in [-0.2, 0) is 22.6 Å². The maximum Gasteiger partial charge on any atom is 0.249 e. The molecule has 0 saturated carbocycles. The van der Waals surface area contributed by atoms with Crippen molar-refractivity contribution < 1.29 is 23.5 Å². The van der Waals surface area contributed by atoms with E-state index >= 15 is 0 Å². The molecule has 1 aliphatic rings. The molecule has 2 aromatic rings. The van der Waals surface area contributed by atoms with Gasteiger partial charge in [0.2, 0.25) is 11.8 Å². The van der Waals surface area contributed by atoms with E-state index in [0.29, 0.717) is 30.8 Å². The number of nitrogens with zero attached hydrogens (tertiary/aromatic N) is 1. The molecular formula is C35H45F2N3O3. The highest BCUT2D eigenvalue weighted by Crippen LogP contribution is 2.44. The summed E-state index contributed by atoms with van der Waals surface area (Å²) in [5, 5.41) is 14.9. The normalized spacial score (nSPS) is 17.9. The minimum atomic E-state index is -1.47. The molecule has 0 heterocycles. The molecular weight excluding hydrogens is 548 g/mol. The van der Waals surface area contributed by atoms with Crippen molar-refractivity contribution in [1.82, 2.24) is 10.2 Å². The maximum absolute atomic E-state index is 14.2. The quantitative estimate of drug-likeness (QED) is 0.247. The Morgan fingerprint density at radius 1 is 1.09 bits per heavy atom. The Balaban J connectivity index is 1.98. The lowest BCUT2D eigenvalue weighted by molar-refractivity contribution is -0.132. The SMILES string of the molecule is C=C(C)c1cccc(CNC[C@H](O)[C@@H](Cc2cc(F)cc(F)c2)C2(C(N)=O)C=C(C)C=C(C(=O)N(CCC)CCC)C2)c1. The number of nitrogens with two attached hydrogens (primary N) is 1. The molecule has 0 fully saturated rings. The van der Waals surface area contributed by atoms with E-state index in [1.54, 1.807) is 24.0 Å². The minimum Gasteiger partial charge on any atom is -0.391 e. The van der Waals surface area contributed by atoms with Gasteiger partial charge >= 0.3 is 0 Å². The van der Waals surface area contributed by atoms with Crippen LogP contribution in [0.5, 0.6) is 0 Å². The van der Waals surface area contributed by atoms with Crippen molar-refractivity contribution >= 4 is 17.4 Å². The first-order valence-corrected chi connectivity index (χ1v) is 15.0. The minimum absolute atomic E-state index is 0.0252. The monoisotopic (exact) mass is 593 g/mol. The van der Waals surface area contributed by atoms with Crippen LogP contribution in [0, 0.1) is 23.0 Å². The molecule has 232 valence electrons. The Morgan fingerprint density at radius 2 is 1.74 bits per heavy atom. The van der Waals surface area contributed by atoms with E-state index in [1.807, 2.05) is 45.0 Å².